The van der Waals surface area contributed by atoms with Gasteiger partial charge in [0, 0.05) is 12.2 Å². The van der Waals surface area contributed by atoms with E-state index in [1.807, 2.05) is 0 Å². The standard InChI is InChI=1S/C21H24F3N3O4/c1-5-14-17(20(30)31-4)12(3)18(26-14)19(29)27(6-2)11-16(28)25-15-10-8-7-9-13(15)21(22,23)24/h7-10,26H,5-6,11H2,1-4H3,(H,25,28). The number of likely N-dealkylation sites (N-methyl/N-ethyl adjacent to an activating group) is 1. The van der Waals surface area contributed by atoms with E-state index >= 15 is 0 Å². The van der Waals surface area contributed by atoms with Gasteiger partial charge in [0.15, 0.2) is 0 Å². The number of halogens is 3. The molecule has 0 fully saturated rings. The fraction of sp³-hybridized carbons (Fsp3) is 0.381. The number of nitrogens with one attached hydrogen (secondary N) is 2. The third kappa shape index (κ3) is 5.25. The maximum Gasteiger partial charge on any atom is 0.418 e. The van der Waals surface area contributed by atoms with Gasteiger partial charge in [-0.2, -0.15) is 13.2 Å². The van der Waals surface area contributed by atoms with Crippen LogP contribution in [0.1, 0.15) is 51.5 Å². The van der Waals surface area contributed by atoms with Gasteiger partial charge in [-0.15, -0.1) is 0 Å². The van der Waals surface area contributed by atoms with Gasteiger partial charge in [-0.1, -0.05) is 19.1 Å². The van der Waals surface area contributed by atoms with Crippen LogP contribution in [0.3, 0.4) is 0 Å². The summed E-state index contributed by atoms with van der Waals surface area (Å²) in [4.78, 5) is 41.5. The van der Waals surface area contributed by atoms with Gasteiger partial charge in [0.05, 0.1) is 23.9 Å². The SMILES string of the molecule is CCc1[nH]c(C(=O)N(CC)CC(=O)Nc2ccccc2C(F)(F)F)c(C)c1C(=O)OC. The van der Waals surface area contributed by atoms with Crippen molar-refractivity contribution in [3.8, 4) is 0 Å². The molecule has 2 N–H and O–H groups in total. The van der Waals surface area contributed by atoms with Crippen LogP contribution < -0.4 is 5.32 Å². The zero-order valence-corrected chi connectivity index (χ0v) is 17.6. The largest absolute Gasteiger partial charge is 0.465 e. The number of aromatic amines is 1. The molecular weight excluding hydrogens is 415 g/mol. The van der Waals surface area contributed by atoms with E-state index < -0.39 is 36.1 Å². The van der Waals surface area contributed by atoms with Crippen molar-refractivity contribution >= 4 is 23.5 Å². The average Bonchev–Trinajstić information content (AvgIpc) is 3.06. The lowest BCUT2D eigenvalue weighted by Crippen LogP contribution is -2.38. The van der Waals surface area contributed by atoms with Crippen LogP contribution in [0, 0.1) is 6.92 Å². The average molecular weight is 439 g/mol. The first-order valence-electron chi connectivity index (χ1n) is 9.60. The molecule has 0 unspecified atom stereocenters. The Morgan fingerprint density at radius 3 is 2.35 bits per heavy atom. The molecule has 0 aliphatic carbocycles. The van der Waals surface area contributed by atoms with Crippen molar-refractivity contribution in [1.29, 1.82) is 0 Å². The van der Waals surface area contributed by atoms with Crippen LogP contribution in [-0.4, -0.2) is 47.9 Å². The summed E-state index contributed by atoms with van der Waals surface area (Å²) in [6.07, 6.45) is -4.19. The molecule has 1 heterocycles. The molecule has 2 rings (SSSR count). The molecule has 0 aliphatic heterocycles. The zero-order valence-electron chi connectivity index (χ0n) is 17.6. The molecule has 1 aromatic heterocycles. The summed E-state index contributed by atoms with van der Waals surface area (Å²) < 4.78 is 44.2. The van der Waals surface area contributed by atoms with Gasteiger partial charge in [0.25, 0.3) is 5.91 Å². The quantitative estimate of drug-likeness (QED) is 0.642. The Hall–Kier alpha value is -3.30. The number of alkyl halides is 3. The maximum atomic E-state index is 13.1. The molecule has 31 heavy (non-hydrogen) atoms. The molecular formula is C21H24F3N3O4. The highest BCUT2D eigenvalue weighted by Gasteiger charge is 2.34. The Balaban J connectivity index is 2.25. The highest BCUT2D eigenvalue weighted by molar-refractivity contribution is 6.02. The summed E-state index contributed by atoms with van der Waals surface area (Å²) in [7, 11) is 1.23. The molecule has 7 nitrogen and oxygen atoms in total. The number of rotatable bonds is 7. The number of benzene rings is 1. The number of anilines is 1. The smallest absolute Gasteiger partial charge is 0.418 e. The molecule has 0 spiro atoms. The third-order valence-electron chi connectivity index (χ3n) is 4.79. The number of carbonyl (C=O) groups is 3. The topological polar surface area (TPSA) is 91.5 Å². The minimum absolute atomic E-state index is 0.126. The summed E-state index contributed by atoms with van der Waals surface area (Å²) in [5.41, 5.74) is -0.0770. The van der Waals surface area contributed by atoms with Crippen molar-refractivity contribution in [1.82, 2.24) is 9.88 Å². The molecule has 0 aliphatic rings. The summed E-state index contributed by atoms with van der Waals surface area (Å²) in [5.74, 6) is -1.92. The summed E-state index contributed by atoms with van der Waals surface area (Å²) in [5, 5.41) is 2.22. The van der Waals surface area contributed by atoms with Crippen LogP contribution in [0.5, 0.6) is 0 Å². The Morgan fingerprint density at radius 2 is 1.81 bits per heavy atom. The second-order valence-electron chi connectivity index (χ2n) is 6.73. The second kappa shape index (κ2) is 9.67. The number of methoxy groups -OCH3 is 1. The van der Waals surface area contributed by atoms with E-state index in [0.29, 0.717) is 17.7 Å². The number of hydrogen-bond donors (Lipinski definition) is 2. The fourth-order valence-corrected chi connectivity index (χ4v) is 3.20. The molecule has 0 saturated heterocycles. The van der Waals surface area contributed by atoms with Crippen molar-refractivity contribution in [2.75, 3.05) is 25.5 Å². The number of H-pyrrole nitrogens is 1. The summed E-state index contributed by atoms with van der Waals surface area (Å²) in [6.45, 7) is 4.68. The number of carbonyl (C=O) groups excluding carboxylic acids is 3. The van der Waals surface area contributed by atoms with Crippen molar-refractivity contribution < 1.29 is 32.3 Å². The Kier molecular flexibility index (Phi) is 7.48. The van der Waals surface area contributed by atoms with E-state index in [9.17, 15) is 27.6 Å². The maximum absolute atomic E-state index is 13.1. The van der Waals surface area contributed by atoms with Crippen LogP contribution in [-0.2, 0) is 22.1 Å². The van der Waals surface area contributed by atoms with Gasteiger partial charge in [0.2, 0.25) is 5.91 Å². The lowest BCUT2D eigenvalue weighted by atomic mass is 10.1. The lowest BCUT2D eigenvalue weighted by Gasteiger charge is -2.21. The Labute approximate surface area is 177 Å². The predicted molar refractivity (Wildman–Crippen MR) is 108 cm³/mol. The van der Waals surface area contributed by atoms with Crippen LogP contribution in [0.2, 0.25) is 0 Å². The number of esters is 1. The zero-order chi connectivity index (χ0) is 23.3. The molecule has 10 heteroatoms. The Bertz CT molecular complexity index is 983. The van der Waals surface area contributed by atoms with Crippen molar-refractivity contribution in [3.63, 3.8) is 0 Å². The number of aryl methyl sites for hydroxylation is 1. The molecule has 0 radical (unpaired) electrons. The highest BCUT2D eigenvalue weighted by atomic mass is 19.4. The van der Waals surface area contributed by atoms with E-state index in [2.05, 4.69) is 10.3 Å². The number of hydrogen-bond acceptors (Lipinski definition) is 4. The Morgan fingerprint density at radius 1 is 1.16 bits per heavy atom. The van der Waals surface area contributed by atoms with Crippen molar-refractivity contribution in [2.45, 2.75) is 33.4 Å². The highest BCUT2D eigenvalue weighted by Crippen LogP contribution is 2.34. The van der Waals surface area contributed by atoms with Crippen LogP contribution >= 0.6 is 0 Å². The molecule has 0 atom stereocenters. The van der Waals surface area contributed by atoms with E-state index in [1.165, 1.54) is 24.1 Å². The number of nitrogens with zero attached hydrogens (tertiary/aromatic N) is 1. The minimum Gasteiger partial charge on any atom is -0.465 e. The monoisotopic (exact) mass is 439 g/mol. The van der Waals surface area contributed by atoms with Gasteiger partial charge in [-0.3, -0.25) is 9.59 Å². The number of aromatic nitrogens is 1. The number of amides is 2. The first-order chi connectivity index (χ1) is 14.5. The van der Waals surface area contributed by atoms with E-state index in [4.69, 9.17) is 4.74 Å². The third-order valence-corrected chi connectivity index (χ3v) is 4.79. The normalized spacial score (nSPS) is 11.2. The molecule has 1 aromatic carbocycles. The van der Waals surface area contributed by atoms with E-state index in [1.54, 1.807) is 20.8 Å². The molecule has 168 valence electrons. The van der Waals surface area contributed by atoms with E-state index in [0.717, 1.165) is 12.1 Å². The van der Waals surface area contributed by atoms with Gasteiger partial charge in [-0.25, -0.2) is 4.79 Å². The van der Waals surface area contributed by atoms with Gasteiger partial charge >= 0.3 is 12.1 Å². The molecule has 0 saturated carbocycles. The van der Waals surface area contributed by atoms with Gasteiger partial charge < -0.3 is 19.9 Å². The number of para-hydroxylation sites is 1. The first-order valence-corrected chi connectivity index (χ1v) is 9.60. The van der Waals surface area contributed by atoms with Crippen LogP contribution in [0.25, 0.3) is 0 Å². The van der Waals surface area contributed by atoms with Gasteiger partial charge in [0.1, 0.15) is 12.2 Å². The van der Waals surface area contributed by atoms with Crippen molar-refractivity contribution in [3.05, 3.63) is 52.3 Å². The fourth-order valence-electron chi connectivity index (χ4n) is 3.20. The summed E-state index contributed by atoms with van der Waals surface area (Å²) in [6, 6.07) is 4.60. The molecule has 0 bridgehead atoms. The summed E-state index contributed by atoms with van der Waals surface area (Å²) >= 11 is 0. The van der Waals surface area contributed by atoms with Crippen LogP contribution in [0.4, 0.5) is 18.9 Å². The minimum atomic E-state index is -4.63. The molecule has 2 aromatic rings. The second-order valence-corrected chi connectivity index (χ2v) is 6.73. The molecule has 2 amide bonds. The van der Waals surface area contributed by atoms with E-state index in [-0.39, 0.29) is 23.5 Å². The van der Waals surface area contributed by atoms with Crippen LogP contribution in [0.15, 0.2) is 24.3 Å². The first kappa shape index (κ1) is 24.0. The van der Waals surface area contributed by atoms with Crippen molar-refractivity contribution in [2.24, 2.45) is 0 Å². The lowest BCUT2D eigenvalue weighted by molar-refractivity contribution is -0.137. The number of ether oxygens (including phenoxy) is 1. The predicted octanol–water partition coefficient (Wildman–Crippen LogP) is 3.79. The van der Waals surface area contributed by atoms with Gasteiger partial charge in [-0.05, 0) is 38.0 Å².